The Morgan fingerprint density at radius 1 is 1.55 bits per heavy atom. The monoisotopic (exact) mass is 300 g/mol. The molecule has 1 aromatic rings. The summed E-state index contributed by atoms with van der Waals surface area (Å²) in [6.45, 7) is 2.40. The van der Waals surface area contributed by atoms with Crippen LogP contribution in [0.25, 0.3) is 0 Å². The van der Waals surface area contributed by atoms with Crippen molar-refractivity contribution < 1.29 is 10.0 Å². The van der Waals surface area contributed by atoms with Crippen molar-refractivity contribution >= 4 is 23.1 Å². The standard InChI is InChI=1S/C12H17ClN4O3/c1-8-10(17(19)20)11(15-12(13)14-8)16-6-2-4-9(16)5-3-7-18/h9,18H,2-7H2,1H3. The summed E-state index contributed by atoms with van der Waals surface area (Å²) >= 11 is 5.85. The first-order valence-electron chi connectivity index (χ1n) is 6.60. The van der Waals surface area contributed by atoms with E-state index in [2.05, 4.69) is 9.97 Å². The molecule has 0 saturated carbocycles. The summed E-state index contributed by atoms with van der Waals surface area (Å²) < 4.78 is 0. The van der Waals surface area contributed by atoms with Gasteiger partial charge < -0.3 is 10.0 Å². The second-order valence-electron chi connectivity index (χ2n) is 4.86. The number of aromatic nitrogens is 2. The summed E-state index contributed by atoms with van der Waals surface area (Å²) in [6, 6.07) is 0.159. The van der Waals surface area contributed by atoms with Crippen LogP contribution < -0.4 is 4.90 Å². The van der Waals surface area contributed by atoms with Gasteiger partial charge in [-0.25, -0.2) is 4.98 Å². The third-order valence-electron chi connectivity index (χ3n) is 3.54. The molecule has 0 amide bonds. The van der Waals surface area contributed by atoms with Gasteiger partial charge in [-0.1, -0.05) is 0 Å². The van der Waals surface area contributed by atoms with E-state index in [-0.39, 0.29) is 29.3 Å². The van der Waals surface area contributed by atoms with Crippen LogP contribution in [-0.2, 0) is 0 Å². The highest BCUT2D eigenvalue weighted by molar-refractivity contribution is 6.28. The second kappa shape index (κ2) is 6.32. The maximum absolute atomic E-state index is 11.2. The van der Waals surface area contributed by atoms with Gasteiger partial charge in [0.1, 0.15) is 5.69 Å². The second-order valence-corrected chi connectivity index (χ2v) is 5.20. The molecule has 8 heteroatoms. The van der Waals surface area contributed by atoms with Crippen molar-refractivity contribution in [2.24, 2.45) is 0 Å². The van der Waals surface area contributed by atoms with Crippen molar-refractivity contribution in [1.29, 1.82) is 0 Å². The van der Waals surface area contributed by atoms with Gasteiger partial charge >= 0.3 is 5.69 Å². The van der Waals surface area contributed by atoms with Crippen molar-refractivity contribution in [3.05, 3.63) is 21.1 Å². The summed E-state index contributed by atoms with van der Waals surface area (Å²) in [7, 11) is 0. The van der Waals surface area contributed by atoms with Gasteiger partial charge in [-0.3, -0.25) is 10.1 Å². The highest BCUT2D eigenvalue weighted by atomic mass is 35.5. The highest BCUT2D eigenvalue weighted by Crippen LogP contribution is 2.35. The first-order chi connectivity index (χ1) is 9.54. The van der Waals surface area contributed by atoms with Crippen LogP contribution in [0.3, 0.4) is 0 Å². The molecule has 0 aromatic carbocycles. The summed E-state index contributed by atoms with van der Waals surface area (Å²) in [5.74, 6) is 0.299. The average molecular weight is 301 g/mol. The first-order valence-corrected chi connectivity index (χ1v) is 6.98. The fourth-order valence-electron chi connectivity index (χ4n) is 2.67. The van der Waals surface area contributed by atoms with Gasteiger partial charge in [0.15, 0.2) is 0 Å². The number of nitrogens with zero attached hydrogens (tertiary/aromatic N) is 4. The molecule has 1 saturated heterocycles. The Balaban J connectivity index is 2.37. The fourth-order valence-corrected chi connectivity index (χ4v) is 2.88. The van der Waals surface area contributed by atoms with Gasteiger partial charge in [-0.15, -0.1) is 0 Å². The molecule has 1 N–H and O–H groups in total. The number of nitro groups is 1. The summed E-state index contributed by atoms with van der Waals surface area (Å²) in [6.07, 6.45) is 3.35. The molecule has 1 aromatic heterocycles. The molecule has 1 fully saturated rings. The van der Waals surface area contributed by atoms with E-state index >= 15 is 0 Å². The minimum atomic E-state index is -0.456. The molecule has 2 heterocycles. The lowest BCUT2D eigenvalue weighted by atomic mass is 10.1. The van der Waals surface area contributed by atoms with Crippen LogP contribution in [0.4, 0.5) is 11.5 Å². The Bertz CT molecular complexity index is 512. The van der Waals surface area contributed by atoms with E-state index in [1.54, 1.807) is 6.92 Å². The van der Waals surface area contributed by atoms with Crippen LogP contribution in [0.2, 0.25) is 5.28 Å². The zero-order valence-electron chi connectivity index (χ0n) is 11.3. The van der Waals surface area contributed by atoms with E-state index in [9.17, 15) is 10.1 Å². The Morgan fingerprint density at radius 2 is 2.30 bits per heavy atom. The van der Waals surface area contributed by atoms with E-state index in [0.29, 0.717) is 18.8 Å². The largest absolute Gasteiger partial charge is 0.396 e. The van der Waals surface area contributed by atoms with Crippen LogP contribution in [-0.4, -0.2) is 39.2 Å². The molecule has 2 rings (SSSR count). The van der Waals surface area contributed by atoms with Crippen molar-refractivity contribution in [2.75, 3.05) is 18.1 Å². The third-order valence-corrected chi connectivity index (χ3v) is 3.71. The summed E-state index contributed by atoms with van der Waals surface area (Å²) in [4.78, 5) is 20.6. The highest BCUT2D eigenvalue weighted by Gasteiger charge is 2.33. The minimum Gasteiger partial charge on any atom is -0.396 e. The van der Waals surface area contributed by atoms with Crippen molar-refractivity contribution in [2.45, 2.75) is 38.6 Å². The molecule has 1 aliphatic rings. The predicted molar refractivity (Wildman–Crippen MR) is 75.1 cm³/mol. The molecular formula is C12H17ClN4O3. The number of aliphatic hydroxyl groups is 1. The van der Waals surface area contributed by atoms with Crippen molar-refractivity contribution in [3.63, 3.8) is 0 Å². The SMILES string of the molecule is Cc1nc(Cl)nc(N2CCCC2CCCO)c1[N+](=O)[O-]. The van der Waals surface area contributed by atoms with Gasteiger partial charge in [0.2, 0.25) is 11.1 Å². The van der Waals surface area contributed by atoms with Gasteiger partial charge in [0.05, 0.1) is 4.92 Å². The molecule has 0 aliphatic carbocycles. The average Bonchev–Trinajstić information content (AvgIpc) is 2.82. The Hall–Kier alpha value is -1.47. The quantitative estimate of drug-likeness (QED) is 0.508. The van der Waals surface area contributed by atoms with Gasteiger partial charge in [0, 0.05) is 19.2 Å². The Labute approximate surface area is 121 Å². The zero-order chi connectivity index (χ0) is 14.7. The predicted octanol–water partition coefficient (Wildman–Crippen LogP) is 2.09. The van der Waals surface area contributed by atoms with Crippen LogP contribution in [0.1, 0.15) is 31.4 Å². The lowest BCUT2D eigenvalue weighted by Crippen LogP contribution is -2.31. The van der Waals surface area contributed by atoms with Crippen LogP contribution in [0.5, 0.6) is 0 Å². The van der Waals surface area contributed by atoms with Crippen LogP contribution in [0, 0.1) is 17.0 Å². The van der Waals surface area contributed by atoms with Gasteiger partial charge in [-0.2, -0.15) is 4.98 Å². The van der Waals surface area contributed by atoms with E-state index < -0.39 is 4.92 Å². The number of aryl methyl sites for hydroxylation is 1. The number of halogens is 1. The number of aliphatic hydroxyl groups excluding tert-OH is 1. The van der Waals surface area contributed by atoms with E-state index in [1.807, 2.05) is 4.90 Å². The number of rotatable bonds is 5. The third kappa shape index (κ3) is 2.99. The molecular weight excluding hydrogens is 284 g/mol. The van der Waals surface area contributed by atoms with Crippen molar-refractivity contribution in [1.82, 2.24) is 9.97 Å². The smallest absolute Gasteiger partial charge is 0.332 e. The lowest BCUT2D eigenvalue weighted by molar-refractivity contribution is -0.385. The Kier molecular flexibility index (Phi) is 4.72. The van der Waals surface area contributed by atoms with Crippen LogP contribution in [0.15, 0.2) is 0 Å². The van der Waals surface area contributed by atoms with E-state index in [4.69, 9.17) is 16.7 Å². The van der Waals surface area contributed by atoms with E-state index in [1.165, 1.54) is 0 Å². The van der Waals surface area contributed by atoms with Crippen molar-refractivity contribution in [3.8, 4) is 0 Å². The zero-order valence-corrected chi connectivity index (χ0v) is 12.0. The van der Waals surface area contributed by atoms with Gasteiger partial charge in [0.25, 0.3) is 0 Å². The summed E-state index contributed by atoms with van der Waals surface area (Å²) in [5, 5.41) is 20.2. The number of hydrogen-bond acceptors (Lipinski definition) is 6. The fraction of sp³-hybridized carbons (Fsp3) is 0.667. The molecule has 1 unspecified atom stereocenters. The maximum atomic E-state index is 11.2. The maximum Gasteiger partial charge on any atom is 0.332 e. The topological polar surface area (TPSA) is 92.4 Å². The first kappa shape index (κ1) is 14.9. The van der Waals surface area contributed by atoms with Crippen LogP contribution >= 0.6 is 11.6 Å². The molecule has 7 nitrogen and oxygen atoms in total. The molecule has 1 aliphatic heterocycles. The number of anilines is 1. The molecule has 0 spiro atoms. The lowest BCUT2D eigenvalue weighted by Gasteiger charge is -2.25. The summed E-state index contributed by atoms with van der Waals surface area (Å²) in [5.41, 5.74) is 0.197. The van der Waals surface area contributed by atoms with E-state index in [0.717, 1.165) is 19.3 Å². The molecule has 0 radical (unpaired) electrons. The molecule has 110 valence electrons. The minimum absolute atomic E-state index is 0.0240. The normalized spacial score (nSPS) is 18.6. The number of hydrogen-bond donors (Lipinski definition) is 1. The Morgan fingerprint density at radius 3 is 2.95 bits per heavy atom. The van der Waals surface area contributed by atoms with Gasteiger partial charge in [-0.05, 0) is 44.2 Å². The molecule has 0 bridgehead atoms. The molecule has 1 atom stereocenters. The molecule has 20 heavy (non-hydrogen) atoms.